The molecule has 1 aliphatic carbocycles. The van der Waals surface area contributed by atoms with E-state index in [1.165, 1.54) is 0 Å². The highest BCUT2D eigenvalue weighted by Gasteiger charge is 2.32. The summed E-state index contributed by atoms with van der Waals surface area (Å²) in [5.74, 6) is 1.89. The highest BCUT2D eigenvalue weighted by molar-refractivity contribution is 6.06. The molecule has 0 radical (unpaired) electrons. The number of aromatic nitrogens is 1. The molecule has 166 valence electrons. The van der Waals surface area contributed by atoms with E-state index in [1.807, 2.05) is 32.1 Å². The predicted octanol–water partition coefficient (Wildman–Crippen LogP) is 5.21. The van der Waals surface area contributed by atoms with Crippen molar-refractivity contribution in [1.82, 2.24) is 4.98 Å². The molecular weight excluding hydrogens is 404 g/mol. The van der Waals surface area contributed by atoms with Crippen molar-refractivity contribution in [2.45, 2.75) is 33.6 Å². The lowest BCUT2D eigenvalue weighted by Crippen LogP contribution is -2.10. The van der Waals surface area contributed by atoms with Crippen molar-refractivity contribution in [3.8, 4) is 5.75 Å². The number of nitrogens with one attached hydrogen (secondary N) is 3. The van der Waals surface area contributed by atoms with E-state index in [9.17, 15) is 4.79 Å². The number of amidine groups is 1. The first kappa shape index (κ1) is 22.9. The van der Waals surface area contributed by atoms with Crippen molar-refractivity contribution in [2.24, 2.45) is 15.9 Å². The Morgan fingerprint density at radius 1 is 1.16 bits per heavy atom. The minimum absolute atomic E-state index is 0.0484. The summed E-state index contributed by atoms with van der Waals surface area (Å²) in [6.07, 6.45) is 8.48. The molecule has 0 saturated heterocycles. The molecule has 1 fully saturated rings. The Morgan fingerprint density at radius 3 is 2.53 bits per heavy atom. The number of anilines is 3. The fraction of sp³-hybridized carbons (Fsp3) is 0.292. The Hall–Kier alpha value is -3.81. The molecule has 0 bridgehead atoms. The molecule has 1 heterocycles. The zero-order valence-corrected chi connectivity index (χ0v) is 18.8. The third-order valence-electron chi connectivity index (χ3n) is 4.92. The number of carbonyl (C=O) groups excluding carboxylic acids is 1. The molecule has 1 aromatic carbocycles. The summed E-state index contributed by atoms with van der Waals surface area (Å²) in [6, 6.07) is 7.21. The van der Waals surface area contributed by atoms with E-state index < -0.39 is 0 Å². The standard InChI is InChI=1S/C24H28N6O2/c1-5-20(26-6-2)30-21-13-19(17(14-28-21)22(31)15-11-12-15)29-18-10-8-9-16(23(18)32-4)24(25)27-7-3/h5-10,13-15,25H,11-12H2,1-4H3,(H2,28,29,30)/b20-5+,25-24?,26-6-,27-7?. The van der Waals surface area contributed by atoms with Crippen LogP contribution in [-0.2, 0) is 0 Å². The molecule has 32 heavy (non-hydrogen) atoms. The summed E-state index contributed by atoms with van der Waals surface area (Å²) >= 11 is 0. The second-order valence-corrected chi connectivity index (χ2v) is 7.19. The maximum Gasteiger partial charge on any atom is 0.169 e. The van der Waals surface area contributed by atoms with E-state index >= 15 is 0 Å². The number of para-hydroxylation sites is 1. The lowest BCUT2D eigenvalue weighted by atomic mass is 10.1. The average Bonchev–Trinajstić information content (AvgIpc) is 3.64. The maximum atomic E-state index is 12.9. The van der Waals surface area contributed by atoms with Gasteiger partial charge in [-0.25, -0.2) is 15.0 Å². The van der Waals surface area contributed by atoms with Crippen LogP contribution < -0.4 is 15.4 Å². The van der Waals surface area contributed by atoms with Gasteiger partial charge in [-0.1, -0.05) is 6.07 Å². The minimum atomic E-state index is 0.0484. The predicted molar refractivity (Wildman–Crippen MR) is 130 cm³/mol. The Balaban J connectivity index is 2.03. The van der Waals surface area contributed by atoms with Crippen LogP contribution in [0.1, 0.15) is 49.5 Å². The Labute approximate surface area is 188 Å². The second kappa shape index (κ2) is 10.5. The van der Waals surface area contributed by atoms with Crippen molar-refractivity contribution in [2.75, 3.05) is 17.7 Å². The van der Waals surface area contributed by atoms with Gasteiger partial charge in [0.2, 0.25) is 0 Å². The van der Waals surface area contributed by atoms with Gasteiger partial charge in [-0.05, 0) is 51.8 Å². The molecule has 3 rings (SSSR count). The van der Waals surface area contributed by atoms with Crippen molar-refractivity contribution >= 4 is 41.2 Å². The first-order valence-electron chi connectivity index (χ1n) is 10.5. The zero-order valence-electron chi connectivity index (χ0n) is 18.8. The molecule has 1 aromatic heterocycles. The fourth-order valence-electron chi connectivity index (χ4n) is 3.22. The molecule has 1 saturated carbocycles. The number of rotatable bonds is 9. The van der Waals surface area contributed by atoms with Gasteiger partial charge in [0.15, 0.2) is 17.4 Å². The van der Waals surface area contributed by atoms with Crippen molar-refractivity contribution in [3.63, 3.8) is 0 Å². The summed E-state index contributed by atoms with van der Waals surface area (Å²) in [5.41, 5.74) is 2.30. The highest BCUT2D eigenvalue weighted by Crippen LogP contribution is 2.38. The number of allylic oxidation sites excluding steroid dienone is 1. The summed E-state index contributed by atoms with van der Waals surface area (Å²) in [5, 5.41) is 14.7. The molecule has 1 aliphatic rings. The molecule has 0 amide bonds. The summed E-state index contributed by atoms with van der Waals surface area (Å²) in [4.78, 5) is 25.7. The third-order valence-corrected chi connectivity index (χ3v) is 4.92. The van der Waals surface area contributed by atoms with Gasteiger partial charge in [0, 0.05) is 30.6 Å². The summed E-state index contributed by atoms with van der Waals surface area (Å²) in [6.45, 7) is 5.47. The van der Waals surface area contributed by atoms with Crippen LogP contribution in [0.5, 0.6) is 5.75 Å². The minimum Gasteiger partial charge on any atom is -0.494 e. The summed E-state index contributed by atoms with van der Waals surface area (Å²) in [7, 11) is 1.55. The molecule has 3 N–H and O–H groups in total. The number of aliphatic imine (C=N–C) groups is 2. The van der Waals surface area contributed by atoms with Gasteiger partial charge in [0.1, 0.15) is 11.6 Å². The van der Waals surface area contributed by atoms with E-state index in [0.29, 0.717) is 39.9 Å². The molecule has 0 unspecified atom stereocenters. The Kier molecular flexibility index (Phi) is 7.49. The van der Waals surface area contributed by atoms with Crippen LogP contribution in [0, 0.1) is 11.3 Å². The molecule has 8 heteroatoms. The largest absolute Gasteiger partial charge is 0.494 e. The van der Waals surface area contributed by atoms with Gasteiger partial charge in [-0.2, -0.15) is 0 Å². The Morgan fingerprint density at radius 2 is 1.91 bits per heavy atom. The number of hydrogen-bond acceptors (Lipinski definition) is 7. The number of carbonyl (C=O) groups is 1. The average molecular weight is 433 g/mol. The number of hydrogen-bond donors (Lipinski definition) is 3. The smallest absolute Gasteiger partial charge is 0.169 e. The van der Waals surface area contributed by atoms with Crippen LogP contribution in [0.25, 0.3) is 0 Å². The molecule has 0 spiro atoms. The molecule has 8 nitrogen and oxygen atoms in total. The van der Waals surface area contributed by atoms with Gasteiger partial charge in [-0.3, -0.25) is 10.2 Å². The number of Topliss-reactive ketones (excluding diaryl/α,β-unsaturated/α-hetero) is 1. The second-order valence-electron chi connectivity index (χ2n) is 7.19. The van der Waals surface area contributed by atoms with E-state index in [1.54, 1.807) is 44.8 Å². The van der Waals surface area contributed by atoms with E-state index in [-0.39, 0.29) is 17.5 Å². The number of ether oxygens (including phenoxy) is 1. The summed E-state index contributed by atoms with van der Waals surface area (Å²) < 4.78 is 5.60. The first-order chi connectivity index (χ1) is 15.5. The van der Waals surface area contributed by atoms with Gasteiger partial charge in [0.25, 0.3) is 0 Å². The number of pyridine rings is 1. The van der Waals surface area contributed by atoms with Crippen LogP contribution >= 0.6 is 0 Å². The number of methoxy groups -OCH3 is 1. The van der Waals surface area contributed by atoms with Crippen molar-refractivity contribution in [1.29, 1.82) is 5.41 Å². The molecule has 0 aliphatic heterocycles. The van der Waals surface area contributed by atoms with Gasteiger partial charge >= 0.3 is 0 Å². The van der Waals surface area contributed by atoms with Crippen molar-refractivity contribution in [3.05, 3.63) is 53.5 Å². The van der Waals surface area contributed by atoms with Gasteiger partial charge < -0.3 is 15.4 Å². The highest BCUT2D eigenvalue weighted by atomic mass is 16.5. The lowest BCUT2D eigenvalue weighted by molar-refractivity contribution is 0.0968. The molecular formula is C24H28N6O2. The molecule has 0 atom stereocenters. The maximum absolute atomic E-state index is 12.9. The quantitative estimate of drug-likeness (QED) is 0.286. The topological polar surface area (TPSA) is 112 Å². The number of benzene rings is 1. The third kappa shape index (κ3) is 5.26. The van der Waals surface area contributed by atoms with Crippen LogP contribution in [-0.4, -0.2) is 36.1 Å². The normalized spacial score (nSPS) is 14.1. The van der Waals surface area contributed by atoms with Crippen molar-refractivity contribution < 1.29 is 9.53 Å². The van der Waals surface area contributed by atoms with E-state index in [0.717, 1.165) is 12.8 Å². The van der Waals surface area contributed by atoms with Gasteiger partial charge in [-0.15, -0.1) is 0 Å². The Bertz CT molecular complexity index is 1100. The van der Waals surface area contributed by atoms with Gasteiger partial charge in [0.05, 0.1) is 29.6 Å². The lowest BCUT2D eigenvalue weighted by Gasteiger charge is -2.17. The van der Waals surface area contributed by atoms with Crippen LogP contribution in [0.2, 0.25) is 0 Å². The zero-order chi connectivity index (χ0) is 23.1. The van der Waals surface area contributed by atoms with Crippen LogP contribution in [0.4, 0.5) is 17.2 Å². The number of nitrogens with zero attached hydrogens (tertiary/aromatic N) is 3. The van der Waals surface area contributed by atoms with Crippen LogP contribution in [0.15, 0.2) is 52.3 Å². The fourth-order valence-corrected chi connectivity index (χ4v) is 3.22. The SMILES string of the molecule is CC=NC(=N)c1cccc(Nc2cc(NC(=C/C)/N=C\C)ncc2C(=O)C2CC2)c1OC. The number of ketones is 1. The van der Waals surface area contributed by atoms with Crippen LogP contribution in [0.3, 0.4) is 0 Å². The van der Waals surface area contributed by atoms with E-state index in [4.69, 9.17) is 10.1 Å². The monoisotopic (exact) mass is 432 g/mol. The molecule has 2 aromatic rings. The van der Waals surface area contributed by atoms with E-state index in [2.05, 4.69) is 25.6 Å². The first-order valence-corrected chi connectivity index (χ1v) is 10.5.